The van der Waals surface area contributed by atoms with Gasteiger partial charge in [0, 0.05) is 29.6 Å². The Bertz CT molecular complexity index is 1340. The summed E-state index contributed by atoms with van der Waals surface area (Å²) < 4.78 is 6.00. The van der Waals surface area contributed by atoms with Crippen molar-refractivity contribution in [3.05, 3.63) is 90.0 Å². The van der Waals surface area contributed by atoms with Crippen molar-refractivity contribution in [3.8, 4) is 11.3 Å². The summed E-state index contributed by atoms with van der Waals surface area (Å²) in [7, 11) is 1.78. The van der Waals surface area contributed by atoms with E-state index in [1.54, 1.807) is 11.9 Å². The van der Waals surface area contributed by atoms with Crippen LogP contribution in [0.2, 0.25) is 0 Å². The Balaban J connectivity index is 1.32. The number of fused-ring (bicyclic) bond motifs is 1. The molecular formula is C29H29N3O3. The maximum atomic E-state index is 13.4. The van der Waals surface area contributed by atoms with E-state index < -0.39 is 12.1 Å². The van der Waals surface area contributed by atoms with Gasteiger partial charge in [0.1, 0.15) is 17.4 Å². The number of furan rings is 1. The Hall–Kier alpha value is -3.90. The van der Waals surface area contributed by atoms with Gasteiger partial charge in [-0.1, -0.05) is 36.4 Å². The quantitative estimate of drug-likeness (QED) is 0.383. The first-order valence-electron chi connectivity index (χ1n) is 12.0. The molecule has 0 bridgehead atoms. The fourth-order valence-electron chi connectivity index (χ4n) is 4.92. The van der Waals surface area contributed by atoms with E-state index in [-0.39, 0.29) is 18.1 Å². The number of nitrogens with zero attached hydrogens (tertiary/aromatic N) is 1. The van der Waals surface area contributed by atoms with Crippen molar-refractivity contribution in [1.82, 2.24) is 10.2 Å². The Morgan fingerprint density at radius 3 is 2.57 bits per heavy atom. The summed E-state index contributed by atoms with van der Waals surface area (Å²) >= 11 is 0. The second-order valence-corrected chi connectivity index (χ2v) is 9.07. The lowest BCUT2D eigenvalue weighted by atomic mass is 9.99. The molecule has 0 aliphatic carbocycles. The van der Waals surface area contributed by atoms with E-state index in [0.717, 1.165) is 39.8 Å². The number of Topliss-reactive ketones (excluding diaryl/α,β-unsaturated/α-hetero) is 1. The topological polar surface area (TPSA) is 88.6 Å². The monoisotopic (exact) mass is 467 g/mol. The van der Waals surface area contributed by atoms with Crippen molar-refractivity contribution in [1.29, 1.82) is 0 Å². The molecule has 1 fully saturated rings. The molecule has 0 unspecified atom stereocenters. The molecule has 0 radical (unpaired) electrons. The van der Waals surface area contributed by atoms with Gasteiger partial charge in [0.25, 0.3) is 0 Å². The molecule has 5 rings (SSSR count). The van der Waals surface area contributed by atoms with Crippen molar-refractivity contribution in [3.63, 3.8) is 0 Å². The van der Waals surface area contributed by atoms with Crippen LogP contribution in [-0.4, -0.2) is 36.2 Å². The first-order valence-corrected chi connectivity index (χ1v) is 12.0. The number of hydrogen-bond donors (Lipinski definition) is 2. The first-order chi connectivity index (χ1) is 17.0. The van der Waals surface area contributed by atoms with Gasteiger partial charge in [-0.25, -0.2) is 0 Å². The molecule has 6 heteroatoms. The lowest BCUT2D eigenvalue weighted by Gasteiger charge is -2.28. The van der Waals surface area contributed by atoms with Crippen LogP contribution in [0.15, 0.2) is 83.3 Å². The first kappa shape index (κ1) is 22.9. The Labute approximate surface area is 204 Å². The minimum atomic E-state index is -0.460. The fraction of sp³-hybridized carbons (Fsp3) is 0.241. The number of nitrogens with one attached hydrogen (secondary N) is 1. The van der Waals surface area contributed by atoms with E-state index in [0.29, 0.717) is 18.7 Å². The zero-order chi connectivity index (χ0) is 24.4. The summed E-state index contributed by atoms with van der Waals surface area (Å²) in [5.74, 6) is 0.781. The molecule has 178 valence electrons. The van der Waals surface area contributed by atoms with Gasteiger partial charge in [0.15, 0.2) is 5.78 Å². The van der Waals surface area contributed by atoms with E-state index in [4.69, 9.17) is 10.2 Å². The van der Waals surface area contributed by atoms with Crippen LogP contribution in [0, 0.1) is 0 Å². The van der Waals surface area contributed by atoms with Crippen LogP contribution in [-0.2, 0) is 16.0 Å². The molecule has 2 atom stereocenters. The van der Waals surface area contributed by atoms with E-state index in [1.165, 1.54) is 0 Å². The number of carbonyl (C=O) groups is 2. The van der Waals surface area contributed by atoms with Crippen LogP contribution in [0.3, 0.4) is 0 Å². The zero-order valence-corrected chi connectivity index (χ0v) is 19.7. The van der Waals surface area contributed by atoms with E-state index in [2.05, 4.69) is 5.32 Å². The van der Waals surface area contributed by atoms with Gasteiger partial charge in [-0.3, -0.25) is 9.59 Å². The van der Waals surface area contributed by atoms with Crippen molar-refractivity contribution in [2.24, 2.45) is 0 Å². The summed E-state index contributed by atoms with van der Waals surface area (Å²) in [4.78, 5) is 28.4. The van der Waals surface area contributed by atoms with Crippen molar-refractivity contribution in [2.45, 2.75) is 31.3 Å². The number of anilines is 1. The molecule has 35 heavy (non-hydrogen) atoms. The van der Waals surface area contributed by atoms with Crippen LogP contribution in [0.1, 0.15) is 30.0 Å². The summed E-state index contributed by atoms with van der Waals surface area (Å²) in [6, 6.07) is 24.1. The molecule has 2 heterocycles. The average Bonchev–Trinajstić information content (AvgIpc) is 3.53. The molecule has 1 aromatic heterocycles. The molecule has 1 saturated heterocycles. The lowest BCUT2D eigenvalue weighted by molar-refractivity contribution is -0.139. The number of likely N-dealkylation sites (tertiary alicyclic amines) is 1. The van der Waals surface area contributed by atoms with Gasteiger partial charge in [-0.15, -0.1) is 0 Å². The maximum absolute atomic E-state index is 13.4. The number of carbonyl (C=O) groups excluding carboxylic acids is 2. The predicted octanol–water partition coefficient (Wildman–Crippen LogP) is 4.75. The molecule has 3 N–H and O–H groups in total. The molecule has 1 amide bonds. The van der Waals surface area contributed by atoms with Crippen LogP contribution >= 0.6 is 0 Å². The maximum Gasteiger partial charge on any atom is 0.244 e. The van der Waals surface area contributed by atoms with Gasteiger partial charge < -0.3 is 20.4 Å². The second-order valence-electron chi connectivity index (χ2n) is 9.07. The van der Waals surface area contributed by atoms with E-state index >= 15 is 0 Å². The van der Waals surface area contributed by atoms with Gasteiger partial charge >= 0.3 is 0 Å². The molecule has 1 aliphatic rings. The Morgan fingerprint density at radius 2 is 1.83 bits per heavy atom. The summed E-state index contributed by atoms with van der Waals surface area (Å²) in [6.07, 6.45) is 1.81. The largest absolute Gasteiger partial charge is 0.456 e. The zero-order valence-electron chi connectivity index (χ0n) is 19.7. The van der Waals surface area contributed by atoms with Crippen molar-refractivity contribution < 1.29 is 14.0 Å². The number of nitrogen functional groups attached to an aromatic ring is 1. The number of nitrogens with two attached hydrogens (primary N) is 1. The normalized spacial score (nSPS) is 16.5. The average molecular weight is 468 g/mol. The summed E-state index contributed by atoms with van der Waals surface area (Å²) in [5.41, 5.74) is 10.0. The molecule has 1 aliphatic heterocycles. The van der Waals surface area contributed by atoms with Crippen molar-refractivity contribution in [2.75, 3.05) is 19.3 Å². The third-order valence-corrected chi connectivity index (χ3v) is 6.73. The van der Waals surface area contributed by atoms with Crippen LogP contribution in [0.25, 0.3) is 22.3 Å². The highest BCUT2D eigenvalue weighted by Crippen LogP contribution is 2.30. The third kappa shape index (κ3) is 4.70. The Morgan fingerprint density at radius 1 is 1.06 bits per heavy atom. The van der Waals surface area contributed by atoms with Gasteiger partial charge in [0.2, 0.25) is 5.91 Å². The molecule has 0 saturated carbocycles. The van der Waals surface area contributed by atoms with E-state index in [9.17, 15) is 9.59 Å². The van der Waals surface area contributed by atoms with Gasteiger partial charge in [0.05, 0.1) is 6.04 Å². The van der Waals surface area contributed by atoms with Crippen LogP contribution < -0.4 is 11.1 Å². The van der Waals surface area contributed by atoms with E-state index in [1.807, 2.05) is 78.9 Å². The van der Waals surface area contributed by atoms with Gasteiger partial charge in [-0.2, -0.15) is 0 Å². The van der Waals surface area contributed by atoms with Gasteiger partial charge in [-0.05, 0) is 73.5 Å². The third-order valence-electron chi connectivity index (χ3n) is 6.73. The summed E-state index contributed by atoms with van der Waals surface area (Å²) in [5, 5.41) is 4.07. The standard InChI is InChI=1S/C29H29N3O3/c1-31-28(21-6-3-2-4-7-21)29(34)32-15-5-8-24(32)25(33)17-19-9-14-26-22(16-19)18-27(35-26)20-10-12-23(30)13-11-20/h2-4,6-7,9-14,16,18,24,28,31H,5,8,15,17,30H2,1H3/t24-,28+/m0/s1. The molecule has 3 aromatic carbocycles. The number of benzene rings is 3. The highest BCUT2D eigenvalue weighted by atomic mass is 16.3. The number of likely N-dealkylation sites (N-methyl/N-ethyl adjacent to an activating group) is 1. The number of amides is 1. The summed E-state index contributed by atoms with van der Waals surface area (Å²) in [6.45, 7) is 0.603. The minimum absolute atomic E-state index is 0.0482. The molecule has 4 aromatic rings. The molecular weight excluding hydrogens is 438 g/mol. The second kappa shape index (κ2) is 9.76. The highest BCUT2D eigenvalue weighted by molar-refractivity contribution is 5.93. The SMILES string of the molecule is CN[C@@H](C(=O)N1CCC[C@H]1C(=O)Cc1ccc2oc(-c3ccc(N)cc3)cc2c1)c1ccccc1. The number of ketones is 1. The minimum Gasteiger partial charge on any atom is -0.456 e. The van der Waals surface area contributed by atoms with Crippen LogP contribution in [0.5, 0.6) is 0 Å². The number of hydrogen-bond acceptors (Lipinski definition) is 5. The highest BCUT2D eigenvalue weighted by Gasteiger charge is 2.36. The lowest BCUT2D eigenvalue weighted by Crippen LogP contribution is -2.46. The Kier molecular flexibility index (Phi) is 6.38. The van der Waals surface area contributed by atoms with Crippen LogP contribution in [0.4, 0.5) is 5.69 Å². The van der Waals surface area contributed by atoms with Crippen molar-refractivity contribution >= 4 is 28.3 Å². The molecule has 0 spiro atoms. The fourth-order valence-corrected chi connectivity index (χ4v) is 4.92. The molecule has 6 nitrogen and oxygen atoms in total. The predicted molar refractivity (Wildman–Crippen MR) is 138 cm³/mol. The smallest absolute Gasteiger partial charge is 0.244 e. The number of rotatable bonds is 7.